The molecule has 84 valence electrons. The SMILES string of the molecule is CCN1C(=O)N[C@](C)(c2ccccc2)C1=O. The second kappa shape index (κ2) is 3.63. The Hall–Kier alpha value is -1.84. The van der Waals surface area contributed by atoms with Crippen LogP contribution >= 0.6 is 0 Å². The highest BCUT2D eigenvalue weighted by Gasteiger charge is 2.48. The molecule has 2 rings (SSSR count). The van der Waals surface area contributed by atoms with E-state index in [2.05, 4.69) is 5.32 Å². The van der Waals surface area contributed by atoms with Crippen LogP contribution in [0.1, 0.15) is 19.4 Å². The molecule has 1 aromatic carbocycles. The first-order chi connectivity index (χ1) is 7.59. The zero-order valence-corrected chi connectivity index (χ0v) is 9.36. The Kier molecular flexibility index (Phi) is 2.42. The van der Waals surface area contributed by atoms with E-state index in [0.717, 1.165) is 5.56 Å². The lowest BCUT2D eigenvalue weighted by Crippen LogP contribution is -2.40. The maximum atomic E-state index is 12.1. The molecule has 3 amide bonds. The minimum absolute atomic E-state index is 0.189. The smallest absolute Gasteiger partial charge is 0.319 e. The first-order valence-corrected chi connectivity index (χ1v) is 5.29. The molecule has 1 aliphatic heterocycles. The van der Waals surface area contributed by atoms with Gasteiger partial charge in [0.05, 0.1) is 0 Å². The van der Waals surface area contributed by atoms with E-state index in [1.54, 1.807) is 13.8 Å². The molecule has 4 heteroatoms. The lowest BCUT2D eigenvalue weighted by Gasteiger charge is -2.21. The lowest BCUT2D eigenvalue weighted by atomic mass is 9.92. The summed E-state index contributed by atoms with van der Waals surface area (Å²) in [6.45, 7) is 3.92. The molecule has 0 saturated carbocycles. The summed E-state index contributed by atoms with van der Waals surface area (Å²) in [7, 11) is 0. The van der Waals surface area contributed by atoms with Crippen molar-refractivity contribution in [1.82, 2.24) is 10.2 Å². The second-order valence-electron chi connectivity index (χ2n) is 3.97. The summed E-state index contributed by atoms with van der Waals surface area (Å²) in [6, 6.07) is 8.96. The van der Waals surface area contributed by atoms with Crippen molar-refractivity contribution in [2.24, 2.45) is 0 Å². The van der Waals surface area contributed by atoms with Gasteiger partial charge >= 0.3 is 6.03 Å². The molecule has 1 saturated heterocycles. The summed E-state index contributed by atoms with van der Waals surface area (Å²) in [5.74, 6) is -0.189. The van der Waals surface area contributed by atoms with Crippen LogP contribution in [0.5, 0.6) is 0 Å². The van der Waals surface area contributed by atoms with Crippen molar-refractivity contribution < 1.29 is 9.59 Å². The summed E-state index contributed by atoms with van der Waals surface area (Å²) < 4.78 is 0. The molecule has 0 bridgehead atoms. The highest BCUT2D eigenvalue weighted by atomic mass is 16.2. The van der Waals surface area contributed by atoms with E-state index in [1.165, 1.54) is 4.90 Å². The summed E-state index contributed by atoms with van der Waals surface area (Å²) in [5.41, 5.74) is -0.113. The molecular formula is C12H14N2O2. The van der Waals surface area contributed by atoms with Crippen LogP contribution in [-0.2, 0) is 10.3 Å². The van der Waals surface area contributed by atoms with Gasteiger partial charge in [-0.05, 0) is 19.4 Å². The molecule has 1 N–H and O–H groups in total. The number of carbonyl (C=O) groups excluding carboxylic acids is 2. The maximum Gasteiger partial charge on any atom is 0.325 e. The van der Waals surface area contributed by atoms with Crippen LogP contribution in [0.25, 0.3) is 0 Å². The molecule has 0 radical (unpaired) electrons. The molecule has 0 aromatic heterocycles. The van der Waals surface area contributed by atoms with Crippen molar-refractivity contribution in [3.8, 4) is 0 Å². The fourth-order valence-corrected chi connectivity index (χ4v) is 1.95. The molecule has 1 heterocycles. The van der Waals surface area contributed by atoms with E-state index >= 15 is 0 Å². The van der Waals surface area contributed by atoms with Gasteiger partial charge in [0.15, 0.2) is 0 Å². The Labute approximate surface area is 94.2 Å². The van der Waals surface area contributed by atoms with Gasteiger partial charge in [-0.15, -0.1) is 0 Å². The zero-order chi connectivity index (χ0) is 11.8. The highest BCUT2D eigenvalue weighted by Crippen LogP contribution is 2.28. The van der Waals surface area contributed by atoms with E-state index in [1.807, 2.05) is 30.3 Å². The van der Waals surface area contributed by atoms with E-state index in [-0.39, 0.29) is 11.9 Å². The van der Waals surface area contributed by atoms with Crippen molar-refractivity contribution in [2.75, 3.05) is 6.54 Å². The number of urea groups is 1. The van der Waals surface area contributed by atoms with Gasteiger partial charge < -0.3 is 5.32 Å². The van der Waals surface area contributed by atoms with Crippen LogP contribution in [0.2, 0.25) is 0 Å². The van der Waals surface area contributed by atoms with Crippen molar-refractivity contribution in [1.29, 1.82) is 0 Å². The van der Waals surface area contributed by atoms with Crippen LogP contribution in [0.3, 0.4) is 0 Å². The molecule has 1 aromatic rings. The van der Waals surface area contributed by atoms with Crippen molar-refractivity contribution in [3.05, 3.63) is 35.9 Å². The van der Waals surface area contributed by atoms with Crippen molar-refractivity contribution in [2.45, 2.75) is 19.4 Å². The maximum absolute atomic E-state index is 12.1. The normalized spacial score (nSPS) is 24.8. The summed E-state index contributed by atoms with van der Waals surface area (Å²) in [6.07, 6.45) is 0. The number of rotatable bonds is 2. The summed E-state index contributed by atoms with van der Waals surface area (Å²) in [4.78, 5) is 24.9. The predicted molar refractivity (Wildman–Crippen MR) is 59.7 cm³/mol. The number of hydrogen-bond acceptors (Lipinski definition) is 2. The number of hydrogen-bond donors (Lipinski definition) is 1. The van der Waals surface area contributed by atoms with Gasteiger partial charge in [-0.2, -0.15) is 0 Å². The molecule has 1 aliphatic rings. The molecular weight excluding hydrogens is 204 g/mol. The second-order valence-corrected chi connectivity index (χ2v) is 3.97. The lowest BCUT2D eigenvalue weighted by molar-refractivity contribution is -0.130. The van der Waals surface area contributed by atoms with E-state index < -0.39 is 5.54 Å². The molecule has 0 spiro atoms. The molecule has 4 nitrogen and oxygen atoms in total. The van der Waals surface area contributed by atoms with Gasteiger partial charge in [0, 0.05) is 6.54 Å². The number of nitrogens with zero attached hydrogens (tertiary/aromatic N) is 1. The van der Waals surface area contributed by atoms with Gasteiger partial charge in [0.1, 0.15) is 5.54 Å². The van der Waals surface area contributed by atoms with Crippen molar-refractivity contribution in [3.63, 3.8) is 0 Å². The number of likely N-dealkylation sites (N-methyl/N-ethyl adjacent to an activating group) is 1. The average Bonchev–Trinajstić information content (AvgIpc) is 2.52. The Morgan fingerprint density at radius 3 is 2.38 bits per heavy atom. The third-order valence-corrected chi connectivity index (χ3v) is 2.94. The minimum Gasteiger partial charge on any atom is -0.319 e. The fraction of sp³-hybridized carbons (Fsp3) is 0.333. The molecule has 16 heavy (non-hydrogen) atoms. The number of benzene rings is 1. The molecule has 1 atom stereocenters. The number of amides is 3. The van der Waals surface area contributed by atoms with Gasteiger partial charge in [0.2, 0.25) is 0 Å². The van der Waals surface area contributed by atoms with E-state index in [0.29, 0.717) is 6.54 Å². The molecule has 0 unspecified atom stereocenters. The third-order valence-electron chi connectivity index (χ3n) is 2.94. The monoisotopic (exact) mass is 218 g/mol. The van der Waals surface area contributed by atoms with Gasteiger partial charge in [-0.25, -0.2) is 4.79 Å². The number of imide groups is 1. The Bertz CT molecular complexity index is 430. The first kappa shape index (κ1) is 10.7. The molecule has 1 fully saturated rings. The van der Waals surface area contributed by atoms with Crippen LogP contribution in [0.15, 0.2) is 30.3 Å². The average molecular weight is 218 g/mol. The van der Waals surface area contributed by atoms with Crippen LogP contribution in [-0.4, -0.2) is 23.4 Å². The zero-order valence-electron chi connectivity index (χ0n) is 9.36. The van der Waals surface area contributed by atoms with Gasteiger partial charge in [-0.1, -0.05) is 30.3 Å². The topological polar surface area (TPSA) is 49.4 Å². The van der Waals surface area contributed by atoms with Gasteiger partial charge in [0.25, 0.3) is 5.91 Å². The van der Waals surface area contributed by atoms with Crippen molar-refractivity contribution >= 4 is 11.9 Å². The summed E-state index contributed by atoms with van der Waals surface area (Å²) in [5, 5.41) is 2.73. The Morgan fingerprint density at radius 1 is 1.25 bits per heavy atom. The van der Waals surface area contributed by atoms with Crippen LogP contribution in [0, 0.1) is 0 Å². The highest BCUT2D eigenvalue weighted by molar-refractivity contribution is 6.07. The number of nitrogens with one attached hydrogen (secondary N) is 1. The van der Waals surface area contributed by atoms with Gasteiger partial charge in [-0.3, -0.25) is 9.69 Å². The Balaban J connectivity index is 2.42. The van der Waals surface area contributed by atoms with E-state index in [4.69, 9.17) is 0 Å². The van der Waals surface area contributed by atoms with Crippen LogP contribution < -0.4 is 5.32 Å². The first-order valence-electron chi connectivity index (χ1n) is 5.29. The summed E-state index contributed by atoms with van der Waals surface area (Å²) >= 11 is 0. The largest absolute Gasteiger partial charge is 0.325 e. The molecule has 0 aliphatic carbocycles. The fourth-order valence-electron chi connectivity index (χ4n) is 1.95. The Morgan fingerprint density at radius 2 is 1.88 bits per heavy atom. The minimum atomic E-state index is -0.922. The number of carbonyl (C=O) groups is 2. The predicted octanol–water partition coefficient (Wildman–Crippen LogP) is 1.47. The van der Waals surface area contributed by atoms with Crippen LogP contribution in [0.4, 0.5) is 4.79 Å². The third kappa shape index (κ3) is 1.38. The quantitative estimate of drug-likeness (QED) is 0.764. The standard InChI is InChI=1S/C12H14N2O2/c1-3-14-10(15)12(2,13-11(14)16)9-7-5-4-6-8-9/h4-8H,3H2,1-2H3,(H,13,16)/t12-/m1/s1. The van der Waals surface area contributed by atoms with E-state index in [9.17, 15) is 9.59 Å².